The summed E-state index contributed by atoms with van der Waals surface area (Å²) in [6.45, 7) is 0.956. The summed E-state index contributed by atoms with van der Waals surface area (Å²) in [6.07, 6.45) is 3.02. The number of hydrogen-bond acceptors (Lipinski definition) is 6. The number of aromatic nitrogens is 1. The van der Waals surface area contributed by atoms with Crippen LogP contribution in [0.4, 0.5) is 11.4 Å². The first-order chi connectivity index (χ1) is 15.9. The summed E-state index contributed by atoms with van der Waals surface area (Å²) in [4.78, 5) is 31.6. The van der Waals surface area contributed by atoms with Gasteiger partial charge in [0, 0.05) is 69.6 Å². The Bertz CT molecular complexity index is 1120. The number of piperidine rings is 1. The lowest BCUT2D eigenvalue weighted by Crippen LogP contribution is -2.42. The quantitative estimate of drug-likeness (QED) is 0.412. The van der Waals surface area contributed by atoms with Gasteiger partial charge in [-0.15, -0.1) is 0 Å². The van der Waals surface area contributed by atoms with Crippen molar-refractivity contribution in [1.29, 1.82) is 0 Å². The van der Waals surface area contributed by atoms with E-state index in [-0.39, 0.29) is 23.3 Å². The molecular weight excluding hydrogens is 420 g/mol. The molecule has 0 spiro atoms. The number of amides is 1. The maximum atomic E-state index is 12.8. The fourth-order valence-electron chi connectivity index (χ4n) is 3.90. The topological polar surface area (TPSA) is 88.8 Å². The third kappa shape index (κ3) is 5.11. The molecule has 1 fully saturated rings. The number of likely N-dealkylation sites (tertiary alicyclic amines) is 1. The minimum Gasteiger partial charge on any atom is -0.474 e. The Balaban J connectivity index is 1.34. The molecule has 0 radical (unpaired) electrons. The molecule has 0 unspecified atom stereocenters. The predicted octanol–water partition coefficient (Wildman–Crippen LogP) is 4.41. The molecule has 1 saturated heterocycles. The highest BCUT2D eigenvalue weighted by molar-refractivity contribution is 5.98. The van der Waals surface area contributed by atoms with Gasteiger partial charge in [-0.2, -0.15) is 0 Å². The van der Waals surface area contributed by atoms with Crippen LogP contribution in [0.5, 0.6) is 5.88 Å². The van der Waals surface area contributed by atoms with Gasteiger partial charge in [0.1, 0.15) is 11.7 Å². The zero-order chi connectivity index (χ0) is 23.4. The van der Waals surface area contributed by atoms with Gasteiger partial charge in [-0.1, -0.05) is 24.3 Å². The molecule has 170 valence electrons. The first-order valence-electron chi connectivity index (χ1n) is 10.9. The lowest BCUT2D eigenvalue weighted by atomic mass is 10.1. The Hall–Kier alpha value is -3.94. The molecule has 0 aliphatic carbocycles. The Morgan fingerprint density at radius 3 is 2.30 bits per heavy atom. The highest BCUT2D eigenvalue weighted by Gasteiger charge is 2.28. The summed E-state index contributed by atoms with van der Waals surface area (Å²) in [6, 6.07) is 18.2. The van der Waals surface area contributed by atoms with Gasteiger partial charge in [-0.25, -0.2) is 4.98 Å². The first kappa shape index (κ1) is 22.3. The van der Waals surface area contributed by atoms with Crippen LogP contribution in [0, 0.1) is 10.1 Å². The smallest absolute Gasteiger partial charge is 0.282 e. The molecule has 0 bridgehead atoms. The highest BCUT2D eigenvalue weighted by atomic mass is 16.6. The monoisotopic (exact) mass is 446 g/mol. The number of carbonyl (C=O) groups is 1. The maximum Gasteiger partial charge on any atom is 0.282 e. The lowest BCUT2D eigenvalue weighted by molar-refractivity contribution is -0.385. The molecule has 0 atom stereocenters. The van der Waals surface area contributed by atoms with Crippen molar-refractivity contribution in [3.63, 3.8) is 0 Å². The molecule has 0 N–H and O–H groups in total. The van der Waals surface area contributed by atoms with E-state index in [1.807, 2.05) is 26.2 Å². The predicted molar refractivity (Wildman–Crippen MR) is 127 cm³/mol. The van der Waals surface area contributed by atoms with E-state index in [0.717, 1.165) is 16.8 Å². The number of anilines is 1. The van der Waals surface area contributed by atoms with Crippen LogP contribution in [0.2, 0.25) is 0 Å². The Morgan fingerprint density at radius 2 is 1.70 bits per heavy atom. The number of ether oxygens (including phenoxy) is 1. The number of rotatable bonds is 6. The van der Waals surface area contributed by atoms with Gasteiger partial charge in [0.25, 0.3) is 11.6 Å². The molecule has 0 saturated carbocycles. The average molecular weight is 447 g/mol. The van der Waals surface area contributed by atoms with E-state index in [2.05, 4.69) is 34.1 Å². The van der Waals surface area contributed by atoms with Crippen LogP contribution in [0.3, 0.4) is 0 Å². The second-order valence-electron chi connectivity index (χ2n) is 8.21. The Kier molecular flexibility index (Phi) is 6.53. The minimum atomic E-state index is -0.519. The van der Waals surface area contributed by atoms with Crippen molar-refractivity contribution >= 4 is 17.3 Å². The van der Waals surface area contributed by atoms with E-state index >= 15 is 0 Å². The van der Waals surface area contributed by atoms with Crippen LogP contribution in [0.15, 0.2) is 66.9 Å². The van der Waals surface area contributed by atoms with Crippen molar-refractivity contribution in [2.24, 2.45) is 0 Å². The van der Waals surface area contributed by atoms with E-state index in [9.17, 15) is 14.9 Å². The van der Waals surface area contributed by atoms with Gasteiger partial charge in [0.15, 0.2) is 0 Å². The SMILES string of the molecule is CN(C)c1ccc(-c2ccc(OC3CCN(C(=O)c4ccccc4[N+](=O)[O-])CC3)nc2)cc1. The van der Waals surface area contributed by atoms with Gasteiger partial charge in [0.2, 0.25) is 5.88 Å². The lowest BCUT2D eigenvalue weighted by Gasteiger charge is -2.31. The number of pyridine rings is 1. The van der Waals surface area contributed by atoms with Crippen molar-refractivity contribution in [3.8, 4) is 17.0 Å². The van der Waals surface area contributed by atoms with Crippen LogP contribution in [0.25, 0.3) is 11.1 Å². The van der Waals surface area contributed by atoms with E-state index in [1.54, 1.807) is 23.2 Å². The standard InChI is InChI=1S/C25H26N4O4/c1-27(2)20-10-7-18(8-11-20)19-9-12-24(26-17-19)33-21-13-15-28(16-14-21)25(30)22-5-3-4-6-23(22)29(31)32/h3-12,17,21H,13-16H2,1-2H3. The van der Waals surface area contributed by atoms with Gasteiger partial charge < -0.3 is 14.5 Å². The third-order valence-corrected chi connectivity index (χ3v) is 5.80. The molecular formula is C25H26N4O4. The van der Waals surface area contributed by atoms with Crippen LogP contribution in [-0.4, -0.2) is 54.0 Å². The molecule has 2 heterocycles. The molecule has 1 aliphatic rings. The Morgan fingerprint density at radius 1 is 1.03 bits per heavy atom. The zero-order valence-electron chi connectivity index (χ0n) is 18.7. The van der Waals surface area contributed by atoms with E-state index in [1.165, 1.54) is 12.1 Å². The number of nitrogens with zero attached hydrogens (tertiary/aromatic N) is 4. The second-order valence-corrected chi connectivity index (χ2v) is 8.21. The van der Waals surface area contributed by atoms with Crippen molar-refractivity contribution in [2.75, 3.05) is 32.1 Å². The molecule has 1 aliphatic heterocycles. The molecule has 2 aromatic carbocycles. The normalized spacial score (nSPS) is 14.1. The molecule has 8 heteroatoms. The minimum absolute atomic E-state index is 0.0578. The zero-order valence-corrected chi connectivity index (χ0v) is 18.7. The summed E-state index contributed by atoms with van der Waals surface area (Å²) >= 11 is 0. The molecule has 1 aromatic heterocycles. The van der Waals surface area contributed by atoms with Gasteiger partial charge in [-0.3, -0.25) is 14.9 Å². The number of nitro benzene ring substituents is 1. The summed E-state index contributed by atoms with van der Waals surface area (Å²) in [7, 11) is 4.02. The number of hydrogen-bond donors (Lipinski definition) is 0. The number of carbonyl (C=O) groups excluding carboxylic acids is 1. The maximum absolute atomic E-state index is 12.8. The Labute approximate surface area is 192 Å². The summed E-state index contributed by atoms with van der Waals surface area (Å²) in [5.41, 5.74) is 3.19. The highest BCUT2D eigenvalue weighted by Crippen LogP contribution is 2.26. The largest absolute Gasteiger partial charge is 0.474 e. The molecule has 1 amide bonds. The number of para-hydroxylation sites is 1. The van der Waals surface area contributed by atoms with Crippen molar-refractivity contribution in [2.45, 2.75) is 18.9 Å². The van der Waals surface area contributed by atoms with Crippen molar-refractivity contribution in [1.82, 2.24) is 9.88 Å². The van der Waals surface area contributed by atoms with E-state index < -0.39 is 4.92 Å². The van der Waals surface area contributed by atoms with Crippen LogP contribution < -0.4 is 9.64 Å². The average Bonchev–Trinajstić information content (AvgIpc) is 2.84. The molecule has 4 rings (SSSR count). The van der Waals surface area contributed by atoms with Crippen molar-refractivity contribution in [3.05, 3.63) is 82.5 Å². The number of nitro groups is 1. The van der Waals surface area contributed by atoms with Gasteiger partial charge >= 0.3 is 0 Å². The number of benzene rings is 2. The molecule has 8 nitrogen and oxygen atoms in total. The van der Waals surface area contributed by atoms with Gasteiger partial charge in [-0.05, 0) is 29.8 Å². The first-order valence-corrected chi connectivity index (χ1v) is 10.9. The fraction of sp³-hybridized carbons (Fsp3) is 0.280. The fourth-order valence-corrected chi connectivity index (χ4v) is 3.90. The van der Waals surface area contributed by atoms with Crippen LogP contribution >= 0.6 is 0 Å². The van der Waals surface area contributed by atoms with Crippen LogP contribution in [-0.2, 0) is 0 Å². The second kappa shape index (κ2) is 9.68. The summed E-state index contributed by atoms with van der Waals surface area (Å²) < 4.78 is 6.03. The summed E-state index contributed by atoms with van der Waals surface area (Å²) in [5.74, 6) is 0.232. The van der Waals surface area contributed by atoms with Crippen LogP contribution in [0.1, 0.15) is 23.2 Å². The molecule has 33 heavy (non-hydrogen) atoms. The molecule has 3 aromatic rings. The van der Waals surface area contributed by atoms with E-state index in [4.69, 9.17) is 4.74 Å². The summed E-state index contributed by atoms with van der Waals surface area (Å²) in [5, 5.41) is 11.2. The third-order valence-electron chi connectivity index (χ3n) is 5.80. The van der Waals surface area contributed by atoms with Crippen molar-refractivity contribution < 1.29 is 14.5 Å². The van der Waals surface area contributed by atoms with Gasteiger partial charge in [0.05, 0.1) is 4.92 Å². The van der Waals surface area contributed by atoms with E-state index in [0.29, 0.717) is 31.8 Å².